The SMILES string of the molecule is CCCCCCCCCCCCCCCCCCCCCCCCCCCCCCCCCCCCCCCCCCCCCCCCCCCCCCc1ccccc1. The predicted molar refractivity (Wildman–Crippen MR) is 276 cm³/mol. The number of unbranched alkanes of at least 4 members (excludes halogenated alkanes) is 51. The fourth-order valence-corrected chi connectivity index (χ4v) is 9.89. The summed E-state index contributed by atoms with van der Waals surface area (Å²) in [6, 6.07) is 11.0. The first-order valence-electron chi connectivity index (χ1n) is 29.0. The molecule has 0 heterocycles. The van der Waals surface area contributed by atoms with Gasteiger partial charge in [-0.15, -0.1) is 0 Å². The molecule has 0 aliphatic heterocycles. The zero-order chi connectivity index (χ0) is 42.6. The number of hydrogen-bond acceptors (Lipinski definition) is 0. The molecule has 0 nitrogen and oxygen atoms in total. The van der Waals surface area contributed by atoms with Crippen LogP contribution in [0.1, 0.15) is 346 Å². The Hall–Kier alpha value is -0.780. The lowest BCUT2D eigenvalue weighted by atomic mass is 10.0. The largest absolute Gasteiger partial charge is 0.0654 e. The topological polar surface area (TPSA) is 0 Å². The molecule has 0 N–H and O–H groups in total. The second-order valence-corrected chi connectivity index (χ2v) is 20.3. The third-order valence-electron chi connectivity index (χ3n) is 14.2. The molecule has 0 radical (unpaired) electrons. The van der Waals surface area contributed by atoms with Crippen molar-refractivity contribution in [1.29, 1.82) is 0 Å². The fourth-order valence-electron chi connectivity index (χ4n) is 9.89. The summed E-state index contributed by atoms with van der Waals surface area (Å²) in [5, 5.41) is 0. The monoisotopic (exact) mass is 835 g/mol. The van der Waals surface area contributed by atoms with Crippen LogP contribution in [0.25, 0.3) is 0 Å². The van der Waals surface area contributed by atoms with Crippen molar-refractivity contribution in [3.63, 3.8) is 0 Å². The van der Waals surface area contributed by atoms with Gasteiger partial charge in [0, 0.05) is 0 Å². The van der Waals surface area contributed by atoms with Crippen LogP contribution in [0.3, 0.4) is 0 Å². The van der Waals surface area contributed by atoms with Gasteiger partial charge in [0.1, 0.15) is 0 Å². The van der Waals surface area contributed by atoms with Gasteiger partial charge in [0.05, 0.1) is 0 Å². The predicted octanol–water partition coefficient (Wildman–Crippen LogP) is 22.5. The summed E-state index contributed by atoms with van der Waals surface area (Å²) in [5.74, 6) is 0. The summed E-state index contributed by atoms with van der Waals surface area (Å²) in [4.78, 5) is 0. The standard InChI is InChI=1S/C60H114/c1-2-3-4-5-6-7-8-9-10-11-12-13-14-15-16-17-18-19-20-21-22-23-24-25-26-27-28-29-30-31-32-33-34-35-36-37-38-39-40-41-42-43-44-45-46-47-48-49-50-51-52-54-57-60-58-55-53-56-59-60/h53,55-56,58-59H,2-52,54,57H2,1H3. The Bertz CT molecular complexity index is 856. The van der Waals surface area contributed by atoms with E-state index in [1.54, 1.807) is 0 Å². The van der Waals surface area contributed by atoms with E-state index in [1.165, 1.54) is 346 Å². The highest BCUT2D eigenvalue weighted by Crippen LogP contribution is 2.19. The van der Waals surface area contributed by atoms with Gasteiger partial charge in [-0.05, 0) is 18.4 Å². The van der Waals surface area contributed by atoms with Crippen LogP contribution in [0.4, 0.5) is 0 Å². The zero-order valence-electron chi connectivity index (χ0n) is 41.9. The van der Waals surface area contributed by atoms with Gasteiger partial charge in [-0.1, -0.05) is 365 Å². The van der Waals surface area contributed by atoms with Crippen molar-refractivity contribution in [3.05, 3.63) is 35.9 Å². The molecule has 0 heteroatoms. The van der Waals surface area contributed by atoms with Gasteiger partial charge in [0.2, 0.25) is 0 Å². The molecule has 0 saturated carbocycles. The van der Waals surface area contributed by atoms with E-state index in [1.807, 2.05) is 0 Å². The van der Waals surface area contributed by atoms with Gasteiger partial charge < -0.3 is 0 Å². The molecule has 1 rings (SSSR count). The maximum atomic E-state index is 2.31. The molecule has 354 valence electrons. The molecule has 0 aromatic heterocycles. The summed E-state index contributed by atoms with van der Waals surface area (Å²) < 4.78 is 0. The summed E-state index contributed by atoms with van der Waals surface area (Å²) >= 11 is 0. The van der Waals surface area contributed by atoms with Crippen LogP contribution < -0.4 is 0 Å². The van der Waals surface area contributed by atoms with E-state index in [0.717, 1.165) is 0 Å². The maximum Gasteiger partial charge on any atom is -0.0279 e. The summed E-state index contributed by atoms with van der Waals surface area (Å²) in [6.45, 7) is 2.31. The number of rotatable bonds is 53. The van der Waals surface area contributed by atoms with Crippen molar-refractivity contribution in [2.24, 2.45) is 0 Å². The molecule has 0 spiro atoms. The third kappa shape index (κ3) is 48.3. The average molecular weight is 836 g/mol. The van der Waals surface area contributed by atoms with Gasteiger partial charge in [0.15, 0.2) is 0 Å². The smallest absolute Gasteiger partial charge is 0.0279 e. The lowest BCUT2D eigenvalue weighted by Crippen LogP contribution is -1.86. The Kier molecular flexibility index (Phi) is 50.1. The van der Waals surface area contributed by atoms with Gasteiger partial charge in [0.25, 0.3) is 0 Å². The average Bonchev–Trinajstić information content (AvgIpc) is 3.27. The van der Waals surface area contributed by atoms with Crippen LogP contribution in [0.5, 0.6) is 0 Å². The maximum absolute atomic E-state index is 2.31. The first-order valence-corrected chi connectivity index (χ1v) is 29.0. The van der Waals surface area contributed by atoms with Crippen LogP contribution in [-0.2, 0) is 6.42 Å². The summed E-state index contributed by atoms with van der Waals surface area (Å²) in [6.07, 6.45) is 78.3. The number of benzene rings is 1. The second kappa shape index (κ2) is 52.6. The molecule has 0 atom stereocenters. The van der Waals surface area contributed by atoms with Crippen molar-refractivity contribution in [3.8, 4) is 0 Å². The molecular weight excluding hydrogens is 721 g/mol. The van der Waals surface area contributed by atoms with E-state index >= 15 is 0 Å². The van der Waals surface area contributed by atoms with E-state index in [-0.39, 0.29) is 0 Å². The third-order valence-corrected chi connectivity index (χ3v) is 14.2. The van der Waals surface area contributed by atoms with Crippen molar-refractivity contribution in [2.75, 3.05) is 0 Å². The minimum atomic E-state index is 1.26. The normalized spacial score (nSPS) is 11.6. The molecule has 0 aliphatic rings. The van der Waals surface area contributed by atoms with E-state index in [4.69, 9.17) is 0 Å². The molecule has 0 amide bonds. The van der Waals surface area contributed by atoms with E-state index < -0.39 is 0 Å². The highest BCUT2D eigenvalue weighted by atomic mass is 14.1. The Morgan fingerprint density at radius 1 is 0.183 bits per heavy atom. The number of hydrogen-bond donors (Lipinski definition) is 0. The molecule has 0 saturated heterocycles. The Labute approximate surface area is 381 Å². The van der Waals surface area contributed by atoms with Crippen molar-refractivity contribution in [2.45, 2.75) is 347 Å². The van der Waals surface area contributed by atoms with Crippen molar-refractivity contribution >= 4 is 0 Å². The van der Waals surface area contributed by atoms with Gasteiger partial charge in [-0.3, -0.25) is 0 Å². The molecule has 1 aromatic rings. The molecule has 0 fully saturated rings. The second-order valence-electron chi connectivity index (χ2n) is 20.3. The van der Waals surface area contributed by atoms with Crippen molar-refractivity contribution < 1.29 is 0 Å². The molecule has 0 bridgehead atoms. The van der Waals surface area contributed by atoms with Gasteiger partial charge in [-0.2, -0.15) is 0 Å². The highest BCUT2D eigenvalue weighted by molar-refractivity contribution is 5.14. The Balaban J connectivity index is 1.59. The van der Waals surface area contributed by atoms with Crippen LogP contribution in [0.15, 0.2) is 30.3 Å². The van der Waals surface area contributed by atoms with Crippen LogP contribution in [0, 0.1) is 0 Å². The quantitative estimate of drug-likeness (QED) is 0.0574. The van der Waals surface area contributed by atoms with Gasteiger partial charge in [-0.25, -0.2) is 0 Å². The van der Waals surface area contributed by atoms with E-state index in [9.17, 15) is 0 Å². The first-order chi connectivity index (χ1) is 29.9. The molecular formula is C60H114. The van der Waals surface area contributed by atoms with E-state index in [2.05, 4.69) is 37.3 Å². The Morgan fingerprint density at radius 2 is 0.333 bits per heavy atom. The highest BCUT2D eigenvalue weighted by Gasteiger charge is 2.00. The van der Waals surface area contributed by atoms with Crippen molar-refractivity contribution in [1.82, 2.24) is 0 Å². The van der Waals surface area contributed by atoms with Gasteiger partial charge >= 0.3 is 0 Å². The molecule has 1 aromatic carbocycles. The van der Waals surface area contributed by atoms with Crippen LogP contribution in [-0.4, -0.2) is 0 Å². The lowest BCUT2D eigenvalue weighted by Gasteiger charge is -2.05. The Morgan fingerprint density at radius 3 is 0.500 bits per heavy atom. The molecule has 60 heavy (non-hydrogen) atoms. The lowest BCUT2D eigenvalue weighted by molar-refractivity contribution is 0.507. The van der Waals surface area contributed by atoms with Crippen LogP contribution in [0.2, 0.25) is 0 Å². The van der Waals surface area contributed by atoms with E-state index in [0.29, 0.717) is 0 Å². The minimum Gasteiger partial charge on any atom is -0.0654 e. The summed E-state index contributed by atoms with van der Waals surface area (Å²) in [5.41, 5.74) is 1.51. The molecule has 0 unspecified atom stereocenters. The number of aryl methyl sites for hydroxylation is 1. The fraction of sp³-hybridized carbons (Fsp3) is 0.900. The first kappa shape index (κ1) is 57.2. The molecule has 0 aliphatic carbocycles. The summed E-state index contributed by atoms with van der Waals surface area (Å²) in [7, 11) is 0. The minimum absolute atomic E-state index is 1.26. The van der Waals surface area contributed by atoms with Crippen LogP contribution >= 0.6 is 0 Å². The zero-order valence-corrected chi connectivity index (χ0v) is 41.9.